The normalized spacial score (nSPS) is 10.5. The van der Waals surface area contributed by atoms with E-state index in [-0.39, 0.29) is 10.7 Å². The summed E-state index contributed by atoms with van der Waals surface area (Å²) < 4.78 is 0. The number of nitrogens with zero attached hydrogens (tertiary/aromatic N) is 1. The second-order valence-electron chi connectivity index (χ2n) is 4.21. The molecular formula is C15H13N3O2S. The highest BCUT2D eigenvalue weighted by atomic mass is 32.1. The molecule has 0 aliphatic carbocycles. The molecule has 0 aromatic heterocycles. The van der Waals surface area contributed by atoms with Crippen LogP contribution >= 0.6 is 12.2 Å². The van der Waals surface area contributed by atoms with E-state index in [1.165, 1.54) is 0 Å². The number of carboxylic acid groups (broad SMARTS) is 1. The van der Waals surface area contributed by atoms with Crippen molar-refractivity contribution in [3.63, 3.8) is 0 Å². The summed E-state index contributed by atoms with van der Waals surface area (Å²) in [6, 6.07) is 14.2. The average molecular weight is 299 g/mol. The lowest BCUT2D eigenvalue weighted by Crippen LogP contribution is -2.23. The zero-order valence-corrected chi connectivity index (χ0v) is 11.8. The third-order valence-corrected chi connectivity index (χ3v) is 2.86. The topological polar surface area (TPSA) is 87.7 Å². The molecule has 4 N–H and O–H groups in total. The van der Waals surface area contributed by atoms with Crippen molar-refractivity contribution in [3.05, 3.63) is 59.7 Å². The number of nitrogens with one attached hydrogen (secondary N) is 1. The number of benzene rings is 2. The Hall–Kier alpha value is -2.73. The predicted molar refractivity (Wildman–Crippen MR) is 86.4 cm³/mol. The van der Waals surface area contributed by atoms with Crippen LogP contribution < -0.4 is 11.2 Å². The van der Waals surface area contributed by atoms with Crippen molar-refractivity contribution >= 4 is 29.5 Å². The standard InChI is InChI=1S/C15H13N3O2S/c16-15(21)18-17-9-10-5-7-11(8-6-10)12-3-1-2-4-13(12)14(19)20/h1-9H,(H,19,20)(H3,16,18,21). The molecule has 0 fully saturated rings. The molecule has 0 amide bonds. The molecule has 0 unspecified atom stereocenters. The van der Waals surface area contributed by atoms with E-state index in [1.54, 1.807) is 24.4 Å². The highest BCUT2D eigenvalue weighted by Crippen LogP contribution is 2.23. The van der Waals surface area contributed by atoms with Gasteiger partial charge in [-0.1, -0.05) is 42.5 Å². The lowest BCUT2D eigenvalue weighted by atomic mass is 9.99. The van der Waals surface area contributed by atoms with Gasteiger partial charge in [0, 0.05) is 0 Å². The summed E-state index contributed by atoms with van der Waals surface area (Å²) in [5.74, 6) is -0.947. The summed E-state index contributed by atoms with van der Waals surface area (Å²) in [5.41, 5.74) is 10.3. The molecule has 0 atom stereocenters. The minimum Gasteiger partial charge on any atom is -0.478 e. The van der Waals surface area contributed by atoms with Crippen LogP contribution in [0.15, 0.2) is 53.6 Å². The van der Waals surface area contributed by atoms with Crippen molar-refractivity contribution in [1.29, 1.82) is 0 Å². The van der Waals surface area contributed by atoms with Gasteiger partial charge in [-0.3, -0.25) is 5.43 Å². The first-order valence-corrected chi connectivity index (χ1v) is 6.50. The Morgan fingerprint density at radius 2 is 1.86 bits per heavy atom. The monoisotopic (exact) mass is 299 g/mol. The molecule has 0 aliphatic rings. The number of aromatic carboxylic acids is 1. The molecule has 106 valence electrons. The van der Waals surface area contributed by atoms with E-state index in [0.29, 0.717) is 5.56 Å². The molecule has 2 aromatic rings. The maximum Gasteiger partial charge on any atom is 0.336 e. The second-order valence-corrected chi connectivity index (χ2v) is 4.65. The number of hydrazone groups is 1. The second kappa shape index (κ2) is 6.62. The van der Waals surface area contributed by atoms with Crippen LogP contribution in [0, 0.1) is 0 Å². The Kier molecular flexibility index (Phi) is 4.63. The largest absolute Gasteiger partial charge is 0.478 e. The van der Waals surface area contributed by atoms with Crippen LogP contribution in [0.1, 0.15) is 15.9 Å². The maximum absolute atomic E-state index is 11.2. The zero-order chi connectivity index (χ0) is 15.2. The first kappa shape index (κ1) is 14.7. The smallest absolute Gasteiger partial charge is 0.336 e. The van der Waals surface area contributed by atoms with Crippen LogP contribution in [-0.4, -0.2) is 22.4 Å². The maximum atomic E-state index is 11.2. The highest BCUT2D eigenvalue weighted by molar-refractivity contribution is 7.80. The Morgan fingerprint density at radius 3 is 2.48 bits per heavy atom. The lowest BCUT2D eigenvalue weighted by Gasteiger charge is -2.06. The van der Waals surface area contributed by atoms with Crippen LogP contribution in [0.3, 0.4) is 0 Å². The molecule has 0 saturated heterocycles. The molecule has 0 aliphatic heterocycles. The van der Waals surface area contributed by atoms with Crippen molar-refractivity contribution < 1.29 is 9.90 Å². The molecule has 0 spiro atoms. The van der Waals surface area contributed by atoms with Gasteiger partial charge in [0.05, 0.1) is 11.8 Å². The summed E-state index contributed by atoms with van der Waals surface area (Å²) in [6.45, 7) is 0. The quantitative estimate of drug-likeness (QED) is 0.458. The van der Waals surface area contributed by atoms with Crippen LogP contribution in [0.5, 0.6) is 0 Å². The molecule has 6 heteroatoms. The van der Waals surface area contributed by atoms with Crippen molar-refractivity contribution in [2.24, 2.45) is 10.8 Å². The third-order valence-electron chi connectivity index (χ3n) is 2.77. The first-order chi connectivity index (χ1) is 10.1. The number of carboxylic acids is 1. The van der Waals surface area contributed by atoms with Gasteiger partial charge < -0.3 is 10.8 Å². The Bertz CT molecular complexity index is 696. The molecule has 0 bridgehead atoms. The van der Waals surface area contributed by atoms with Crippen LogP contribution in [0.25, 0.3) is 11.1 Å². The zero-order valence-electron chi connectivity index (χ0n) is 11.0. The fraction of sp³-hybridized carbons (Fsp3) is 0. The Labute approximate surface area is 127 Å². The summed E-state index contributed by atoms with van der Waals surface area (Å²) in [4.78, 5) is 11.2. The number of hydrogen-bond acceptors (Lipinski definition) is 3. The van der Waals surface area contributed by atoms with Crippen LogP contribution in [-0.2, 0) is 0 Å². The van der Waals surface area contributed by atoms with E-state index >= 15 is 0 Å². The first-order valence-electron chi connectivity index (χ1n) is 6.09. The van der Waals surface area contributed by atoms with E-state index < -0.39 is 5.97 Å². The average Bonchev–Trinajstić information content (AvgIpc) is 2.47. The van der Waals surface area contributed by atoms with E-state index in [9.17, 15) is 9.90 Å². The Balaban J connectivity index is 2.25. The molecular weight excluding hydrogens is 286 g/mol. The molecule has 2 aromatic carbocycles. The third kappa shape index (κ3) is 3.87. The van der Waals surface area contributed by atoms with Crippen molar-refractivity contribution in [2.75, 3.05) is 0 Å². The molecule has 0 radical (unpaired) electrons. The summed E-state index contributed by atoms with van der Waals surface area (Å²) >= 11 is 4.63. The number of nitrogens with two attached hydrogens (primary N) is 1. The molecule has 5 nitrogen and oxygen atoms in total. The lowest BCUT2D eigenvalue weighted by molar-refractivity contribution is 0.0697. The molecule has 21 heavy (non-hydrogen) atoms. The van der Waals surface area contributed by atoms with Gasteiger partial charge in [-0.25, -0.2) is 4.79 Å². The van der Waals surface area contributed by atoms with Gasteiger partial charge in [-0.15, -0.1) is 0 Å². The van der Waals surface area contributed by atoms with Gasteiger partial charge in [-0.05, 0) is 35.0 Å². The van der Waals surface area contributed by atoms with Gasteiger partial charge >= 0.3 is 5.97 Å². The van der Waals surface area contributed by atoms with Gasteiger partial charge in [0.1, 0.15) is 0 Å². The fourth-order valence-corrected chi connectivity index (χ4v) is 1.89. The van der Waals surface area contributed by atoms with E-state index in [4.69, 9.17) is 5.73 Å². The van der Waals surface area contributed by atoms with Crippen molar-refractivity contribution in [1.82, 2.24) is 5.43 Å². The van der Waals surface area contributed by atoms with Gasteiger partial charge in [0.25, 0.3) is 0 Å². The van der Waals surface area contributed by atoms with E-state index in [1.807, 2.05) is 30.3 Å². The highest BCUT2D eigenvalue weighted by Gasteiger charge is 2.10. The number of carbonyl (C=O) groups is 1. The van der Waals surface area contributed by atoms with Crippen LogP contribution in [0.4, 0.5) is 0 Å². The van der Waals surface area contributed by atoms with E-state index in [0.717, 1.165) is 11.1 Å². The van der Waals surface area contributed by atoms with E-state index in [2.05, 4.69) is 22.7 Å². The number of hydrogen-bond donors (Lipinski definition) is 3. The summed E-state index contributed by atoms with van der Waals surface area (Å²) in [7, 11) is 0. The molecule has 0 saturated carbocycles. The molecule has 2 rings (SSSR count). The van der Waals surface area contributed by atoms with Gasteiger partial charge in [-0.2, -0.15) is 5.10 Å². The van der Waals surface area contributed by atoms with Crippen LogP contribution in [0.2, 0.25) is 0 Å². The fourth-order valence-electron chi connectivity index (χ4n) is 1.84. The van der Waals surface area contributed by atoms with Gasteiger partial charge in [0.2, 0.25) is 0 Å². The Morgan fingerprint density at radius 1 is 1.19 bits per heavy atom. The van der Waals surface area contributed by atoms with Gasteiger partial charge in [0.15, 0.2) is 5.11 Å². The number of rotatable bonds is 4. The van der Waals surface area contributed by atoms with Crippen molar-refractivity contribution in [3.8, 4) is 11.1 Å². The predicted octanol–water partition coefficient (Wildman–Crippen LogP) is 2.22. The minimum absolute atomic E-state index is 0.0956. The SMILES string of the molecule is NC(=S)NN=Cc1ccc(-c2ccccc2C(=O)O)cc1. The van der Waals surface area contributed by atoms with Crippen molar-refractivity contribution in [2.45, 2.75) is 0 Å². The summed E-state index contributed by atoms with van der Waals surface area (Å²) in [5, 5.41) is 13.1. The summed E-state index contributed by atoms with van der Waals surface area (Å²) in [6.07, 6.45) is 1.58. The minimum atomic E-state index is -0.947. The number of thiocarbonyl (C=S) groups is 1. The molecule has 0 heterocycles.